The number of benzene rings is 2. The average molecular weight is 425 g/mol. The van der Waals surface area contributed by atoms with Crippen LogP contribution in [-0.4, -0.2) is 34.1 Å². The van der Waals surface area contributed by atoms with Gasteiger partial charge in [-0.25, -0.2) is 0 Å². The number of ether oxygens (including phenoxy) is 1. The van der Waals surface area contributed by atoms with E-state index in [1.165, 1.54) is 12.1 Å². The molecule has 0 unspecified atom stereocenters. The maximum atomic E-state index is 12.4. The minimum absolute atomic E-state index is 0.0747. The van der Waals surface area contributed by atoms with E-state index in [0.29, 0.717) is 10.6 Å². The molecule has 0 saturated carbocycles. The van der Waals surface area contributed by atoms with Crippen molar-refractivity contribution in [3.8, 4) is 17.4 Å². The summed E-state index contributed by atoms with van der Waals surface area (Å²) in [6, 6.07) is 11.7. The molecule has 0 atom stereocenters. The molecule has 1 aliphatic rings. The van der Waals surface area contributed by atoms with Crippen molar-refractivity contribution in [2.75, 3.05) is 12.5 Å². The van der Waals surface area contributed by atoms with Crippen LogP contribution < -0.4 is 10.2 Å². The fourth-order valence-electron chi connectivity index (χ4n) is 2.86. The molecular formula is C20H15N3O4S2. The van der Waals surface area contributed by atoms with Gasteiger partial charge in [0.2, 0.25) is 5.88 Å². The van der Waals surface area contributed by atoms with E-state index >= 15 is 0 Å². The van der Waals surface area contributed by atoms with Crippen LogP contribution in [0.25, 0.3) is 11.6 Å². The quantitative estimate of drug-likeness (QED) is 0.541. The number of aromatic hydroxyl groups is 2. The fourth-order valence-corrected chi connectivity index (χ4v) is 4.04. The Bertz CT molecular complexity index is 1240. The number of carbonyl (C=O) groups is 1. The maximum Gasteiger partial charge on any atom is 0.274 e. The highest BCUT2D eigenvalue weighted by atomic mass is 32.1. The van der Waals surface area contributed by atoms with Crippen molar-refractivity contribution in [1.29, 1.82) is 0 Å². The maximum absolute atomic E-state index is 12.4. The first-order chi connectivity index (χ1) is 14.0. The summed E-state index contributed by atoms with van der Waals surface area (Å²) < 4.78 is 6.57. The summed E-state index contributed by atoms with van der Waals surface area (Å²) in [7, 11) is 1.59. The third kappa shape index (κ3) is 3.53. The number of phenols is 1. The molecule has 0 spiro atoms. The molecule has 9 heteroatoms. The Hall–Kier alpha value is -3.43. The van der Waals surface area contributed by atoms with Gasteiger partial charge in [0.05, 0.1) is 23.2 Å². The van der Waals surface area contributed by atoms with E-state index in [9.17, 15) is 15.0 Å². The van der Waals surface area contributed by atoms with Gasteiger partial charge in [0.1, 0.15) is 11.5 Å². The number of amides is 1. The second-order valence-corrected chi connectivity index (χ2v) is 7.77. The predicted octanol–water partition coefficient (Wildman–Crippen LogP) is 4.34. The Kier molecular flexibility index (Phi) is 4.91. The van der Waals surface area contributed by atoms with Crippen molar-refractivity contribution in [2.24, 2.45) is 4.99 Å². The smallest absolute Gasteiger partial charge is 0.274 e. The van der Waals surface area contributed by atoms with Gasteiger partial charge in [-0.2, -0.15) is 4.68 Å². The van der Waals surface area contributed by atoms with E-state index in [1.54, 1.807) is 31.5 Å². The van der Waals surface area contributed by atoms with Crippen LogP contribution in [0.5, 0.6) is 17.4 Å². The standard InChI is InChI=1S/C20H15N3O4S2/c1-27-12-6-7-13-11(10-21-15(13)9-12)8-17-19(26)23(20(28)29-17)22-18(25)14-4-2-3-5-16(14)24/h2-10,24,26H,1H3,(H,22,25). The van der Waals surface area contributed by atoms with Crippen LogP contribution in [0.2, 0.25) is 0 Å². The minimum Gasteiger partial charge on any atom is -0.507 e. The molecule has 4 rings (SSSR count). The second kappa shape index (κ2) is 7.53. The van der Waals surface area contributed by atoms with E-state index < -0.39 is 5.91 Å². The normalized spacial score (nSPS) is 13.5. The highest BCUT2D eigenvalue weighted by Crippen LogP contribution is 2.37. The zero-order chi connectivity index (χ0) is 20.5. The number of allylic oxidation sites excluding steroid dienone is 1. The third-order valence-corrected chi connectivity index (χ3v) is 5.63. The lowest BCUT2D eigenvalue weighted by molar-refractivity contribution is 0.100. The number of fused-ring (bicyclic) bond motifs is 1. The van der Waals surface area contributed by atoms with Gasteiger partial charge in [-0.15, -0.1) is 0 Å². The Balaban J connectivity index is 1.65. The Morgan fingerprint density at radius 1 is 1.28 bits per heavy atom. The molecule has 3 N–H and O–H groups in total. The average Bonchev–Trinajstić information content (AvgIpc) is 3.23. The number of aromatic nitrogens is 1. The number of phenolic OH excluding ortho intramolecular Hbond substituents is 1. The number of para-hydroxylation sites is 1. The largest absolute Gasteiger partial charge is 0.507 e. The first-order valence-corrected chi connectivity index (χ1v) is 9.68. The lowest BCUT2D eigenvalue weighted by Crippen LogP contribution is -2.22. The predicted molar refractivity (Wildman–Crippen MR) is 116 cm³/mol. The molecular weight excluding hydrogens is 410 g/mol. The highest BCUT2D eigenvalue weighted by molar-refractivity contribution is 7.73. The first-order valence-electron chi connectivity index (χ1n) is 8.46. The molecule has 7 nitrogen and oxygen atoms in total. The van der Waals surface area contributed by atoms with Gasteiger partial charge in [-0.05, 0) is 42.6 Å². The van der Waals surface area contributed by atoms with E-state index in [4.69, 9.17) is 17.0 Å². The van der Waals surface area contributed by atoms with E-state index in [0.717, 1.165) is 32.8 Å². The van der Waals surface area contributed by atoms with Crippen LogP contribution in [0.3, 0.4) is 0 Å². The number of thiazole rings is 1. The van der Waals surface area contributed by atoms with Gasteiger partial charge in [-0.3, -0.25) is 15.2 Å². The number of rotatable bonds is 4. The minimum atomic E-state index is -0.591. The molecule has 146 valence electrons. The molecule has 0 saturated heterocycles. The second-order valence-electron chi connectivity index (χ2n) is 6.09. The molecule has 1 aromatic heterocycles. The molecule has 2 aromatic carbocycles. The van der Waals surface area contributed by atoms with Gasteiger partial charge in [0.25, 0.3) is 5.91 Å². The van der Waals surface area contributed by atoms with Gasteiger partial charge < -0.3 is 14.9 Å². The van der Waals surface area contributed by atoms with Crippen molar-refractivity contribution in [1.82, 2.24) is 4.68 Å². The van der Waals surface area contributed by atoms with Crippen molar-refractivity contribution < 1.29 is 19.7 Å². The number of methoxy groups -OCH3 is 1. The van der Waals surface area contributed by atoms with Crippen molar-refractivity contribution in [2.45, 2.75) is 0 Å². The number of nitrogens with one attached hydrogen (secondary N) is 1. The number of carbonyl (C=O) groups excluding carboxylic acids is 1. The van der Waals surface area contributed by atoms with Crippen LogP contribution in [0.1, 0.15) is 20.8 Å². The number of nitrogens with zero attached hydrogens (tertiary/aromatic N) is 2. The topological polar surface area (TPSA) is 96.1 Å². The zero-order valence-electron chi connectivity index (χ0n) is 15.1. The SMILES string of the molecule is COc1ccc2c(c1)N=CC2=Cc1sc(=S)n(NC(=O)c2ccccc2O)c1O. The molecule has 0 radical (unpaired) electrons. The van der Waals surface area contributed by atoms with Gasteiger partial charge in [0.15, 0.2) is 3.95 Å². The number of hydrogen-bond donors (Lipinski definition) is 3. The lowest BCUT2D eigenvalue weighted by atomic mass is 10.1. The van der Waals surface area contributed by atoms with Crippen molar-refractivity contribution in [3.63, 3.8) is 0 Å². The Morgan fingerprint density at radius 2 is 2.07 bits per heavy atom. The summed E-state index contributed by atoms with van der Waals surface area (Å²) in [5.41, 5.74) is 5.05. The molecule has 3 aromatic rings. The molecule has 0 aliphatic carbocycles. The molecule has 1 aliphatic heterocycles. The molecule has 0 fully saturated rings. The Morgan fingerprint density at radius 3 is 2.83 bits per heavy atom. The molecule has 0 bridgehead atoms. The first kappa shape index (κ1) is 18.9. The molecule has 1 amide bonds. The molecule has 2 heterocycles. The van der Waals surface area contributed by atoms with Crippen LogP contribution in [0.15, 0.2) is 47.5 Å². The van der Waals surface area contributed by atoms with Gasteiger partial charge >= 0.3 is 0 Å². The summed E-state index contributed by atoms with van der Waals surface area (Å²) in [4.78, 5) is 17.3. The van der Waals surface area contributed by atoms with Crippen molar-refractivity contribution >= 4 is 53.0 Å². The van der Waals surface area contributed by atoms with Crippen LogP contribution in [0, 0.1) is 3.95 Å². The highest BCUT2D eigenvalue weighted by Gasteiger charge is 2.18. The van der Waals surface area contributed by atoms with E-state index in [-0.39, 0.29) is 21.1 Å². The number of hydrogen-bond acceptors (Lipinski definition) is 7. The zero-order valence-corrected chi connectivity index (χ0v) is 16.8. The van der Waals surface area contributed by atoms with Crippen LogP contribution in [-0.2, 0) is 0 Å². The molecule has 29 heavy (non-hydrogen) atoms. The van der Waals surface area contributed by atoms with E-state index in [1.807, 2.05) is 18.2 Å². The summed E-state index contributed by atoms with van der Waals surface area (Å²) in [6.07, 6.45) is 3.44. The summed E-state index contributed by atoms with van der Waals surface area (Å²) in [6.45, 7) is 0. The van der Waals surface area contributed by atoms with Crippen LogP contribution in [0.4, 0.5) is 5.69 Å². The van der Waals surface area contributed by atoms with Crippen molar-refractivity contribution in [3.05, 3.63) is 62.4 Å². The summed E-state index contributed by atoms with van der Waals surface area (Å²) in [5, 5.41) is 20.4. The number of aliphatic imine (C=N–C) groups is 1. The Labute approximate surface area is 174 Å². The van der Waals surface area contributed by atoms with E-state index in [2.05, 4.69) is 10.4 Å². The summed E-state index contributed by atoms with van der Waals surface area (Å²) >= 11 is 6.42. The fraction of sp³-hybridized carbons (Fsp3) is 0.0500. The third-order valence-electron chi connectivity index (χ3n) is 4.32. The van der Waals surface area contributed by atoms with Gasteiger partial charge in [-0.1, -0.05) is 23.5 Å². The summed E-state index contributed by atoms with van der Waals surface area (Å²) in [5.74, 6) is -0.250. The lowest BCUT2D eigenvalue weighted by Gasteiger charge is -2.08. The van der Waals surface area contributed by atoms with Crippen LogP contribution >= 0.6 is 23.6 Å². The monoisotopic (exact) mass is 425 g/mol. The van der Waals surface area contributed by atoms with Gasteiger partial charge in [0, 0.05) is 23.4 Å².